The Bertz CT molecular complexity index is 557. The van der Waals surface area contributed by atoms with Crippen molar-refractivity contribution in [1.29, 1.82) is 0 Å². The van der Waals surface area contributed by atoms with E-state index in [1.54, 1.807) is 0 Å². The summed E-state index contributed by atoms with van der Waals surface area (Å²) in [4.78, 5) is 11.0. The van der Waals surface area contributed by atoms with E-state index in [9.17, 15) is 21.6 Å². The molecule has 0 radical (unpaired) electrons. The highest BCUT2D eigenvalue weighted by Gasteiger charge is 2.29. The molecule has 1 N–H and O–H groups in total. The molecule has 21 heavy (non-hydrogen) atoms. The smallest absolute Gasteiger partial charge is 0.305 e. The summed E-state index contributed by atoms with van der Waals surface area (Å²) in [6.07, 6.45) is 2.51. The number of hydrogen-bond donors (Lipinski definition) is 1. The first-order chi connectivity index (χ1) is 9.64. The summed E-state index contributed by atoms with van der Waals surface area (Å²) in [6, 6.07) is -0.399. The molecular formula is C11H22N2O6S2. The number of hydrogen-bond acceptors (Lipinski definition) is 6. The van der Waals surface area contributed by atoms with Crippen molar-refractivity contribution in [3.63, 3.8) is 0 Å². The predicted molar refractivity (Wildman–Crippen MR) is 77.6 cm³/mol. The largest absolute Gasteiger partial charge is 0.469 e. The van der Waals surface area contributed by atoms with Crippen LogP contribution in [0.15, 0.2) is 0 Å². The van der Waals surface area contributed by atoms with E-state index in [0.717, 1.165) is 6.26 Å². The maximum Gasteiger partial charge on any atom is 0.305 e. The molecule has 0 aromatic rings. The fourth-order valence-corrected chi connectivity index (χ4v) is 4.60. The molecule has 0 aromatic carbocycles. The first kappa shape index (κ1) is 18.3. The molecule has 8 nitrogen and oxygen atoms in total. The van der Waals surface area contributed by atoms with E-state index in [2.05, 4.69) is 9.46 Å². The summed E-state index contributed by atoms with van der Waals surface area (Å²) in [7, 11) is -5.59. The molecule has 0 amide bonds. The van der Waals surface area contributed by atoms with Crippen LogP contribution in [0.4, 0.5) is 0 Å². The van der Waals surface area contributed by atoms with Crippen LogP contribution >= 0.6 is 0 Å². The van der Waals surface area contributed by atoms with Gasteiger partial charge in [0.25, 0.3) is 0 Å². The fraction of sp³-hybridized carbons (Fsp3) is 0.909. The topological polar surface area (TPSA) is 110 Å². The normalized spacial score (nSPS) is 21.1. The van der Waals surface area contributed by atoms with Crippen LogP contribution in [0.3, 0.4) is 0 Å². The number of piperidine rings is 1. The molecule has 0 aromatic heterocycles. The quantitative estimate of drug-likeness (QED) is 0.612. The molecule has 0 saturated carbocycles. The van der Waals surface area contributed by atoms with Gasteiger partial charge in [0, 0.05) is 25.6 Å². The summed E-state index contributed by atoms with van der Waals surface area (Å²) in [5.41, 5.74) is 0. The third kappa shape index (κ3) is 6.72. The molecule has 124 valence electrons. The zero-order valence-electron chi connectivity index (χ0n) is 12.2. The molecule has 1 aliphatic heterocycles. The Morgan fingerprint density at radius 3 is 2.57 bits per heavy atom. The number of methoxy groups -OCH3 is 1. The van der Waals surface area contributed by atoms with Crippen molar-refractivity contribution in [2.75, 3.05) is 32.2 Å². The Morgan fingerprint density at radius 2 is 2.00 bits per heavy atom. The maximum atomic E-state index is 12.2. The second kappa shape index (κ2) is 7.52. The van der Waals surface area contributed by atoms with E-state index in [1.165, 1.54) is 11.4 Å². The average molecular weight is 342 g/mol. The van der Waals surface area contributed by atoms with Crippen LogP contribution in [0, 0.1) is 0 Å². The third-order valence-corrected chi connectivity index (χ3v) is 5.85. The third-order valence-electron chi connectivity index (χ3n) is 3.17. The highest BCUT2D eigenvalue weighted by atomic mass is 32.2. The number of nitrogens with one attached hydrogen (secondary N) is 1. The molecule has 0 bridgehead atoms. The minimum Gasteiger partial charge on any atom is -0.469 e. The summed E-state index contributed by atoms with van der Waals surface area (Å²) in [5.74, 6) is -0.589. The van der Waals surface area contributed by atoms with Gasteiger partial charge in [0.15, 0.2) is 0 Å². The summed E-state index contributed by atoms with van der Waals surface area (Å²) < 4.78 is 54.9. The molecule has 10 heteroatoms. The zero-order valence-corrected chi connectivity index (χ0v) is 13.9. The van der Waals surface area contributed by atoms with E-state index in [-0.39, 0.29) is 25.1 Å². The molecule has 1 rings (SSSR count). The summed E-state index contributed by atoms with van der Waals surface area (Å²) >= 11 is 0. The minimum atomic E-state index is -3.48. The van der Waals surface area contributed by atoms with Gasteiger partial charge in [0.2, 0.25) is 20.0 Å². The second-order valence-corrected chi connectivity index (χ2v) is 8.95. The Hall–Kier alpha value is -0.710. The number of rotatable bonds is 7. The number of sulfonamides is 2. The van der Waals surface area contributed by atoms with Crippen molar-refractivity contribution in [3.8, 4) is 0 Å². The number of nitrogens with zero attached hydrogens (tertiary/aromatic N) is 1. The highest BCUT2D eigenvalue weighted by molar-refractivity contribution is 7.89. The van der Waals surface area contributed by atoms with Crippen LogP contribution in [0.2, 0.25) is 0 Å². The number of carbonyl (C=O) groups excluding carboxylic acids is 1. The maximum absolute atomic E-state index is 12.2. The minimum absolute atomic E-state index is 0.0502. The van der Waals surface area contributed by atoms with Gasteiger partial charge < -0.3 is 4.74 Å². The van der Waals surface area contributed by atoms with E-state index in [0.29, 0.717) is 19.4 Å². The lowest BCUT2D eigenvalue weighted by atomic mass is 10.1. The fourth-order valence-electron chi connectivity index (χ4n) is 2.22. The van der Waals surface area contributed by atoms with Crippen molar-refractivity contribution < 1.29 is 26.4 Å². The lowest BCUT2D eigenvalue weighted by Crippen LogP contribution is -2.49. The van der Waals surface area contributed by atoms with Crippen molar-refractivity contribution in [3.05, 3.63) is 0 Å². The van der Waals surface area contributed by atoms with Crippen LogP contribution in [-0.2, 0) is 29.6 Å². The van der Waals surface area contributed by atoms with Gasteiger partial charge >= 0.3 is 5.97 Å². The van der Waals surface area contributed by atoms with Crippen LogP contribution in [0.5, 0.6) is 0 Å². The highest BCUT2D eigenvalue weighted by Crippen LogP contribution is 2.16. The van der Waals surface area contributed by atoms with Gasteiger partial charge in [-0.05, 0) is 19.3 Å². The van der Waals surface area contributed by atoms with E-state index >= 15 is 0 Å². The number of carbonyl (C=O) groups is 1. The van der Waals surface area contributed by atoms with E-state index in [4.69, 9.17) is 0 Å². The molecule has 1 saturated heterocycles. The average Bonchev–Trinajstić information content (AvgIpc) is 2.36. The number of ether oxygens (including phenoxy) is 1. The standard InChI is InChI=1S/C11H22N2O6S2/c1-19-11(14)6-4-8-21(17,18)13-7-3-5-10(9-13)12-20(2,15)16/h10,12H,3-9H2,1-2H3. The Labute approximate surface area is 125 Å². The van der Waals surface area contributed by atoms with Gasteiger partial charge in [-0.15, -0.1) is 0 Å². The predicted octanol–water partition coefficient (Wildman–Crippen LogP) is -0.717. The van der Waals surface area contributed by atoms with Gasteiger partial charge in [-0.25, -0.2) is 25.9 Å². The molecule has 1 unspecified atom stereocenters. The molecule has 1 heterocycles. The van der Waals surface area contributed by atoms with Gasteiger partial charge in [-0.3, -0.25) is 4.79 Å². The van der Waals surface area contributed by atoms with Crippen LogP contribution in [-0.4, -0.2) is 65.4 Å². The Kier molecular flexibility index (Phi) is 6.57. The van der Waals surface area contributed by atoms with Gasteiger partial charge in [0.05, 0.1) is 19.1 Å². The van der Waals surface area contributed by atoms with Gasteiger partial charge in [-0.2, -0.15) is 0 Å². The lowest BCUT2D eigenvalue weighted by molar-refractivity contribution is -0.140. The van der Waals surface area contributed by atoms with Crippen molar-refractivity contribution in [2.45, 2.75) is 31.7 Å². The number of esters is 1. The first-order valence-electron chi connectivity index (χ1n) is 6.66. The SMILES string of the molecule is COC(=O)CCCS(=O)(=O)N1CCCC(NS(C)(=O)=O)C1. The Morgan fingerprint density at radius 1 is 1.33 bits per heavy atom. The second-order valence-electron chi connectivity index (χ2n) is 5.08. The molecule has 1 aliphatic rings. The van der Waals surface area contributed by atoms with E-state index in [1.807, 2.05) is 0 Å². The monoisotopic (exact) mass is 342 g/mol. The molecule has 0 aliphatic carbocycles. The first-order valence-corrected chi connectivity index (χ1v) is 10.2. The zero-order chi connectivity index (χ0) is 16.1. The van der Waals surface area contributed by atoms with Crippen LogP contribution < -0.4 is 4.72 Å². The molecule has 1 atom stereocenters. The van der Waals surface area contributed by atoms with Crippen molar-refractivity contribution >= 4 is 26.0 Å². The summed E-state index contributed by atoms with van der Waals surface area (Å²) in [6.45, 7) is 0.510. The van der Waals surface area contributed by atoms with Crippen LogP contribution in [0.25, 0.3) is 0 Å². The summed E-state index contributed by atoms with van der Waals surface area (Å²) in [5, 5.41) is 0. The van der Waals surface area contributed by atoms with Crippen molar-refractivity contribution in [1.82, 2.24) is 9.03 Å². The molecule has 0 spiro atoms. The van der Waals surface area contributed by atoms with Crippen LogP contribution in [0.1, 0.15) is 25.7 Å². The van der Waals surface area contributed by atoms with E-state index < -0.39 is 32.1 Å². The Balaban J connectivity index is 2.56. The van der Waals surface area contributed by atoms with Gasteiger partial charge in [-0.1, -0.05) is 0 Å². The lowest BCUT2D eigenvalue weighted by Gasteiger charge is -2.31. The molecule has 1 fully saturated rings. The molecular weight excluding hydrogens is 320 g/mol. The van der Waals surface area contributed by atoms with Gasteiger partial charge in [0.1, 0.15) is 0 Å². The van der Waals surface area contributed by atoms with Crippen molar-refractivity contribution in [2.24, 2.45) is 0 Å².